The lowest BCUT2D eigenvalue weighted by Crippen LogP contribution is -2.33. The summed E-state index contributed by atoms with van der Waals surface area (Å²) < 4.78 is 32.5. The van der Waals surface area contributed by atoms with Crippen molar-refractivity contribution in [3.05, 3.63) is 66.2 Å². The predicted molar refractivity (Wildman–Crippen MR) is 97.4 cm³/mol. The number of hydrogen-bond acceptors (Lipinski definition) is 5. The molecule has 4 N–H and O–H groups in total. The Morgan fingerprint density at radius 1 is 0.880 bits per heavy atom. The molecule has 0 saturated carbocycles. The zero-order valence-corrected chi connectivity index (χ0v) is 13.9. The maximum absolute atomic E-state index is 11.5. The van der Waals surface area contributed by atoms with Crippen LogP contribution in [0.1, 0.15) is 5.56 Å². The molecule has 3 aromatic rings. The van der Waals surface area contributed by atoms with E-state index >= 15 is 0 Å². The normalized spacial score (nSPS) is 11.5. The van der Waals surface area contributed by atoms with Crippen LogP contribution in [0.2, 0.25) is 0 Å². The van der Waals surface area contributed by atoms with E-state index in [1.54, 1.807) is 54.6 Å². The molecule has 3 rings (SSSR count). The van der Waals surface area contributed by atoms with Crippen LogP contribution < -0.4 is 10.8 Å². The second kappa shape index (κ2) is 6.85. The highest BCUT2D eigenvalue weighted by atomic mass is 32.2. The zero-order chi connectivity index (χ0) is 18.0. The molecule has 0 saturated heterocycles. The summed E-state index contributed by atoms with van der Waals surface area (Å²) in [5.41, 5.74) is 1.78. The number of fused-ring (bicyclic) bond motifs is 1. The zero-order valence-electron chi connectivity index (χ0n) is 13.1. The molecule has 3 aromatic carbocycles. The van der Waals surface area contributed by atoms with Crippen molar-refractivity contribution in [1.29, 1.82) is 0 Å². The Morgan fingerprint density at radius 2 is 1.56 bits per heavy atom. The first-order valence-electron chi connectivity index (χ1n) is 7.55. The van der Waals surface area contributed by atoms with Crippen molar-refractivity contribution in [3.63, 3.8) is 0 Å². The van der Waals surface area contributed by atoms with Gasteiger partial charge in [-0.05, 0) is 23.2 Å². The van der Waals surface area contributed by atoms with Crippen LogP contribution in [0, 0.1) is 0 Å². The Hall–Kier alpha value is -2.39. The lowest BCUT2D eigenvalue weighted by Gasteiger charge is -2.13. The maximum Gasteiger partial charge on any atom is 0.488 e. The van der Waals surface area contributed by atoms with E-state index in [9.17, 15) is 23.0 Å². The average molecular weight is 357 g/mol. The van der Waals surface area contributed by atoms with Crippen LogP contribution in [0.5, 0.6) is 0 Å². The van der Waals surface area contributed by atoms with Crippen molar-refractivity contribution in [3.8, 4) is 0 Å². The van der Waals surface area contributed by atoms with Crippen LogP contribution in [-0.2, 0) is 16.7 Å². The van der Waals surface area contributed by atoms with Gasteiger partial charge in [0.2, 0.25) is 0 Å². The summed E-state index contributed by atoms with van der Waals surface area (Å²) in [7, 11) is -5.90. The molecular weight excluding hydrogens is 341 g/mol. The van der Waals surface area contributed by atoms with Crippen LogP contribution in [0.15, 0.2) is 65.6 Å². The molecule has 0 aliphatic heterocycles. The highest BCUT2D eigenvalue weighted by molar-refractivity contribution is 7.86. The smallest absolute Gasteiger partial charge is 0.423 e. The van der Waals surface area contributed by atoms with Crippen molar-refractivity contribution < 1.29 is 23.0 Å². The van der Waals surface area contributed by atoms with E-state index in [2.05, 4.69) is 5.32 Å². The van der Waals surface area contributed by atoms with Crippen molar-refractivity contribution >= 4 is 39.2 Å². The van der Waals surface area contributed by atoms with E-state index in [4.69, 9.17) is 0 Å². The van der Waals surface area contributed by atoms with Gasteiger partial charge in [-0.1, -0.05) is 48.5 Å². The fourth-order valence-electron chi connectivity index (χ4n) is 2.80. The molecule has 8 heteroatoms. The van der Waals surface area contributed by atoms with Gasteiger partial charge in [0.25, 0.3) is 10.1 Å². The summed E-state index contributed by atoms with van der Waals surface area (Å²) in [6, 6.07) is 16.7. The summed E-state index contributed by atoms with van der Waals surface area (Å²) in [6.07, 6.45) is 0. The molecule has 0 radical (unpaired) electrons. The fraction of sp³-hybridized carbons (Fsp3) is 0.0588. The van der Waals surface area contributed by atoms with E-state index in [1.165, 1.54) is 6.07 Å². The minimum atomic E-state index is -4.33. The van der Waals surface area contributed by atoms with Gasteiger partial charge in [0.15, 0.2) is 0 Å². The third-order valence-corrected chi connectivity index (χ3v) is 4.87. The topological polar surface area (TPSA) is 107 Å². The van der Waals surface area contributed by atoms with Crippen LogP contribution in [0.3, 0.4) is 0 Å². The molecule has 0 atom stereocenters. The third kappa shape index (κ3) is 3.67. The first kappa shape index (κ1) is 17.4. The van der Waals surface area contributed by atoms with Crippen molar-refractivity contribution in [1.82, 2.24) is 0 Å². The van der Waals surface area contributed by atoms with Gasteiger partial charge in [0, 0.05) is 23.0 Å². The highest BCUT2D eigenvalue weighted by Gasteiger charge is 2.16. The molecular formula is C17H16BNO5S. The van der Waals surface area contributed by atoms with Gasteiger partial charge in [0.05, 0.1) is 0 Å². The van der Waals surface area contributed by atoms with Crippen LogP contribution in [0.4, 0.5) is 5.69 Å². The van der Waals surface area contributed by atoms with E-state index in [1.807, 2.05) is 0 Å². The second-order valence-electron chi connectivity index (χ2n) is 5.56. The van der Waals surface area contributed by atoms with E-state index < -0.39 is 17.2 Å². The van der Waals surface area contributed by atoms with Gasteiger partial charge < -0.3 is 15.4 Å². The second-order valence-corrected chi connectivity index (χ2v) is 6.95. The summed E-state index contributed by atoms with van der Waals surface area (Å²) in [4.78, 5) is -0.153. The minimum absolute atomic E-state index is 0.153. The molecule has 0 amide bonds. The average Bonchev–Trinajstić information content (AvgIpc) is 2.58. The van der Waals surface area contributed by atoms with Crippen molar-refractivity contribution in [2.45, 2.75) is 11.4 Å². The summed E-state index contributed by atoms with van der Waals surface area (Å²) in [6.45, 7) is 0.322. The molecule has 25 heavy (non-hydrogen) atoms. The summed E-state index contributed by atoms with van der Waals surface area (Å²) in [5, 5.41) is 23.1. The Bertz CT molecular complexity index is 1020. The van der Waals surface area contributed by atoms with E-state index in [-0.39, 0.29) is 4.90 Å². The summed E-state index contributed by atoms with van der Waals surface area (Å²) >= 11 is 0. The van der Waals surface area contributed by atoms with Crippen LogP contribution >= 0.6 is 0 Å². The Balaban J connectivity index is 1.99. The number of benzene rings is 3. The molecule has 0 aliphatic rings. The number of hydrogen-bond donors (Lipinski definition) is 4. The van der Waals surface area contributed by atoms with E-state index in [0.29, 0.717) is 34.0 Å². The monoisotopic (exact) mass is 357 g/mol. The standard InChI is InChI=1S/C17H16BNO5S/c20-18(21)15-8-2-1-5-12(15)11-19-16-9-3-7-14-13(16)6-4-10-17(14)25(22,23)24/h1-10,19-21H,11H2,(H,22,23,24). The quantitative estimate of drug-likeness (QED) is 0.406. The van der Waals surface area contributed by atoms with Gasteiger partial charge in [-0.25, -0.2) is 0 Å². The lowest BCUT2D eigenvalue weighted by molar-refractivity contribution is 0.425. The maximum atomic E-state index is 11.5. The number of nitrogens with one attached hydrogen (secondary N) is 1. The van der Waals surface area contributed by atoms with Gasteiger partial charge in [-0.2, -0.15) is 8.42 Å². The molecule has 0 fully saturated rings. The van der Waals surface area contributed by atoms with Gasteiger partial charge in [-0.3, -0.25) is 4.55 Å². The molecule has 6 nitrogen and oxygen atoms in total. The van der Waals surface area contributed by atoms with E-state index in [0.717, 1.165) is 0 Å². The molecule has 0 bridgehead atoms. The molecule has 0 spiro atoms. The van der Waals surface area contributed by atoms with Crippen LogP contribution in [0.25, 0.3) is 10.8 Å². The van der Waals surface area contributed by atoms with Gasteiger partial charge >= 0.3 is 7.12 Å². The Kier molecular flexibility index (Phi) is 4.78. The SMILES string of the molecule is O=S(=O)(O)c1cccc2c(NCc3ccccc3B(O)O)cccc12. The number of rotatable bonds is 5. The predicted octanol–water partition coefficient (Wildman–Crippen LogP) is 1.38. The first-order chi connectivity index (χ1) is 11.9. The Labute approximate surface area is 145 Å². The highest BCUT2D eigenvalue weighted by Crippen LogP contribution is 2.28. The van der Waals surface area contributed by atoms with Crippen molar-refractivity contribution in [2.75, 3.05) is 5.32 Å². The molecule has 0 aliphatic carbocycles. The molecule has 128 valence electrons. The molecule has 0 unspecified atom stereocenters. The minimum Gasteiger partial charge on any atom is -0.423 e. The Morgan fingerprint density at radius 3 is 2.28 bits per heavy atom. The van der Waals surface area contributed by atoms with Gasteiger partial charge in [-0.15, -0.1) is 0 Å². The largest absolute Gasteiger partial charge is 0.488 e. The molecule has 0 heterocycles. The van der Waals surface area contributed by atoms with Crippen molar-refractivity contribution in [2.24, 2.45) is 0 Å². The fourth-order valence-corrected chi connectivity index (χ4v) is 3.50. The third-order valence-electron chi connectivity index (χ3n) is 3.96. The van der Waals surface area contributed by atoms with Crippen LogP contribution in [-0.4, -0.2) is 30.1 Å². The number of anilines is 1. The van der Waals surface area contributed by atoms with Gasteiger partial charge in [0.1, 0.15) is 4.90 Å². The summed E-state index contributed by atoms with van der Waals surface area (Å²) in [5.74, 6) is 0. The molecule has 0 aromatic heterocycles. The lowest BCUT2D eigenvalue weighted by atomic mass is 9.77. The first-order valence-corrected chi connectivity index (χ1v) is 8.99.